The molecule has 19 heavy (non-hydrogen) atoms. The fourth-order valence-electron chi connectivity index (χ4n) is 1.70. The molecule has 2 nitrogen and oxygen atoms in total. The second kappa shape index (κ2) is 5.76. The molecule has 0 aliphatic rings. The van der Waals surface area contributed by atoms with Gasteiger partial charge in [-0.25, -0.2) is 0 Å². The lowest BCUT2D eigenvalue weighted by atomic mass is 10.1. The smallest absolute Gasteiger partial charge is 0.255 e. The zero-order chi connectivity index (χ0) is 14.0. The minimum absolute atomic E-state index is 0.164. The number of anilines is 1. The van der Waals surface area contributed by atoms with Gasteiger partial charge in [0.1, 0.15) is 0 Å². The summed E-state index contributed by atoms with van der Waals surface area (Å²) < 4.78 is 0.775. The van der Waals surface area contributed by atoms with Crippen LogP contribution in [0.15, 0.2) is 40.9 Å². The van der Waals surface area contributed by atoms with Crippen molar-refractivity contribution in [2.24, 2.45) is 0 Å². The van der Waals surface area contributed by atoms with Gasteiger partial charge in [-0.05, 0) is 65.2 Å². The number of benzene rings is 2. The Balaban J connectivity index is 2.25. The van der Waals surface area contributed by atoms with Gasteiger partial charge in [-0.1, -0.05) is 23.7 Å². The number of hydrogen-bond donors (Lipinski definition) is 1. The highest BCUT2D eigenvalue weighted by atomic mass is 79.9. The maximum atomic E-state index is 12.2. The van der Waals surface area contributed by atoms with Crippen molar-refractivity contribution in [2.45, 2.75) is 13.8 Å². The van der Waals surface area contributed by atoms with Gasteiger partial charge < -0.3 is 5.32 Å². The summed E-state index contributed by atoms with van der Waals surface area (Å²) in [6.07, 6.45) is 0. The second-order valence-electron chi connectivity index (χ2n) is 4.40. The maximum absolute atomic E-state index is 12.2. The zero-order valence-electron chi connectivity index (χ0n) is 10.6. The minimum Gasteiger partial charge on any atom is -0.322 e. The van der Waals surface area contributed by atoms with Gasteiger partial charge in [0, 0.05) is 15.7 Å². The molecule has 0 unspecified atom stereocenters. The molecule has 0 saturated heterocycles. The number of carbonyl (C=O) groups is 1. The lowest BCUT2D eigenvalue weighted by molar-refractivity contribution is 0.102. The lowest BCUT2D eigenvalue weighted by Gasteiger charge is -2.10. The third-order valence-electron chi connectivity index (χ3n) is 2.82. The van der Waals surface area contributed by atoms with Gasteiger partial charge in [-0.15, -0.1) is 0 Å². The molecule has 4 heteroatoms. The second-order valence-corrected chi connectivity index (χ2v) is 5.66. The van der Waals surface area contributed by atoms with Gasteiger partial charge in [0.25, 0.3) is 5.91 Å². The molecule has 0 atom stereocenters. The Labute approximate surface area is 125 Å². The van der Waals surface area contributed by atoms with E-state index in [2.05, 4.69) is 21.2 Å². The minimum atomic E-state index is -0.164. The summed E-state index contributed by atoms with van der Waals surface area (Å²) >= 11 is 9.29. The first kappa shape index (κ1) is 14.1. The van der Waals surface area contributed by atoms with Crippen LogP contribution >= 0.6 is 27.5 Å². The molecule has 1 N–H and O–H groups in total. The summed E-state index contributed by atoms with van der Waals surface area (Å²) in [6.45, 7) is 3.95. The fraction of sp³-hybridized carbons (Fsp3) is 0.133. The first-order valence-electron chi connectivity index (χ1n) is 5.81. The van der Waals surface area contributed by atoms with Crippen molar-refractivity contribution in [3.8, 4) is 0 Å². The van der Waals surface area contributed by atoms with Gasteiger partial charge in [0.05, 0.1) is 5.02 Å². The van der Waals surface area contributed by atoms with Crippen LogP contribution in [-0.4, -0.2) is 5.91 Å². The Kier molecular flexibility index (Phi) is 4.27. The van der Waals surface area contributed by atoms with Crippen molar-refractivity contribution in [1.82, 2.24) is 0 Å². The molecular weight excluding hydrogens is 326 g/mol. The Morgan fingerprint density at radius 1 is 1.16 bits per heavy atom. The predicted molar refractivity (Wildman–Crippen MR) is 83.0 cm³/mol. The highest BCUT2D eigenvalue weighted by Gasteiger charge is 2.09. The lowest BCUT2D eigenvalue weighted by Crippen LogP contribution is -2.12. The van der Waals surface area contributed by atoms with Crippen molar-refractivity contribution in [2.75, 3.05) is 5.32 Å². The van der Waals surface area contributed by atoms with E-state index in [0.29, 0.717) is 10.6 Å². The topological polar surface area (TPSA) is 29.1 Å². The van der Waals surface area contributed by atoms with Gasteiger partial charge >= 0.3 is 0 Å². The zero-order valence-corrected chi connectivity index (χ0v) is 13.0. The van der Waals surface area contributed by atoms with Crippen LogP contribution in [0.25, 0.3) is 0 Å². The molecule has 0 aliphatic heterocycles. The van der Waals surface area contributed by atoms with E-state index >= 15 is 0 Å². The van der Waals surface area contributed by atoms with Crippen LogP contribution in [0.3, 0.4) is 0 Å². The van der Waals surface area contributed by atoms with Crippen LogP contribution in [0.5, 0.6) is 0 Å². The summed E-state index contributed by atoms with van der Waals surface area (Å²) in [5.74, 6) is -0.164. The fourth-order valence-corrected chi connectivity index (χ4v) is 2.13. The maximum Gasteiger partial charge on any atom is 0.255 e. The number of hydrogen-bond acceptors (Lipinski definition) is 1. The molecule has 2 aromatic rings. The molecular formula is C15H13BrClNO. The molecule has 0 aromatic heterocycles. The van der Waals surface area contributed by atoms with E-state index in [1.807, 2.05) is 32.0 Å². The van der Waals surface area contributed by atoms with E-state index in [0.717, 1.165) is 21.3 Å². The molecule has 0 radical (unpaired) electrons. The third kappa shape index (κ3) is 3.37. The van der Waals surface area contributed by atoms with Gasteiger partial charge in [0.2, 0.25) is 0 Å². The SMILES string of the molecule is Cc1ccc(C)c(NC(=O)c2ccc(Br)c(Cl)c2)c1. The predicted octanol–water partition coefficient (Wildman–Crippen LogP) is 4.97. The van der Waals surface area contributed by atoms with E-state index in [-0.39, 0.29) is 5.91 Å². The quantitative estimate of drug-likeness (QED) is 0.823. The number of nitrogens with one attached hydrogen (secondary N) is 1. The highest BCUT2D eigenvalue weighted by Crippen LogP contribution is 2.24. The number of carbonyl (C=O) groups excluding carboxylic acids is 1. The Hall–Kier alpha value is -1.32. The summed E-state index contributed by atoms with van der Waals surface area (Å²) in [5.41, 5.74) is 3.50. The number of rotatable bonds is 2. The van der Waals surface area contributed by atoms with E-state index in [9.17, 15) is 4.79 Å². The standard InChI is InChI=1S/C15H13BrClNO/c1-9-3-4-10(2)14(7-9)18-15(19)11-5-6-12(16)13(17)8-11/h3-8H,1-2H3,(H,18,19). The monoisotopic (exact) mass is 337 g/mol. The van der Waals surface area contributed by atoms with Crippen molar-refractivity contribution in [1.29, 1.82) is 0 Å². The van der Waals surface area contributed by atoms with Gasteiger partial charge in [0.15, 0.2) is 0 Å². The normalized spacial score (nSPS) is 10.3. The highest BCUT2D eigenvalue weighted by molar-refractivity contribution is 9.10. The number of halogens is 2. The molecule has 2 rings (SSSR count). The molecule has 0 saturated carbocycles. The summed E-state index contributed by atoms with van der Waals surface area (Å²) in [6, 6.07) is 11.1. The Morgan fingerprint density at radius 3 is 2.58 bits per heavy atom. The first-order valence-corrected chi connectivity index (χ1v) is 6.98. The Bertz CT molecular complexity index is 640. The van der Waals surface area contributed by atoms with Crippen LogP contribution in [0.4, 0.5) is 5.69 Å². The van der Waals surface area contributed by atoms with Crippen molar-refractivity contribution in [3.63, 3.8) is 0 Å². The molecule has 0 bridgehead atoms. The summed E-state index contributed by atoms with van der Waals surface area (Å²) in [4.78, 5) is 12.2. The molecule has 2 aromatic carbocycles. The third-order valence-corrected chi connectivity index (χ3v) is 4.06. The Morgan fingerprint density at radius 2 is 1.89 bits per heavy atom. The van der Waals surface area contributed by atoms with E-state index < -0.39 is 0 Å². The van der Waals surface area contributed by atoms with E-state index in [1.165, 1.54) is 0 Å². The average Bonchev–Trinajstić information content (AvgIpc) is 2.37. The molecule has 0 fully saturated rings. The van der Waals surface area contributed by atoms with Crippen LogP contribution in [-0.2, 0) is 0 Å². The van der Waals surface area contributed by atoms with Crippen LogP contribution in [0.1, 0.15) is 21.5 Å². The summed E-state index contributed by atoms with van der Waals surface area (Å²) in [7, 11) is 0. The van der Waals surface area contributed by atoms with E-state index in [1.54, 1.807) is 18.2 Å². The van der Waals surface area contributed by atoms with Crippen LogP contribution in [0.2, 0.25) is 5.02 Å². The molecule has 0 heterocycles. The van der Waals surface area contributed by atoms with Gasteiger partial charge in [-0.2, -0.15) is 0 Å². The first-order chi connectivity index (χ1) is 8.97. The van der Waals surface area contributed by atoms with Crippen LogP contribution < -0.4 is 5.32 Å². The van der Waals surface area contributed by atoms with Crippen LogP contribution in [0, 0.1) is 13.8 Å². The largest absolute Gasteiger partial charge is 0.322 e. The molecule has 98 valence electrons. The average molecular weight is 339 g/mol. The molecule has 1 amide bonds. The van der Waals surface area contributed by atoms with Crippen molar-refractivity contribution >= 4 is 39.1 Å². The van der Waals surface area contributed by atoms with Crippen molar-refractivity contribution < 1.29 is 4.79 Å². The van der Waals surface area contributed by atoms with Gasteiger partial charge in [-0.3, -0.25) is 4.79 Å². The summed E-state index contributed by atoms with van der Waals surface area (Å²) in [5, 5.41) is 3.42. The van der Waals surface area contributed by atoms with Crippen molar-refractivity contribution in [3.05, 3.63) is 62.6 Å². The molecule has 0 aliphatic carbocycles. The number of aryl methyl sites for hydroxylation is 2. The molecule has 0 spiro atoms. The van der Waals surface area contributed by atoms with E-state index in [4.69, 9.17) is 11.6 Å². The number of amides is 1.